The fourth-order valence-electron chi connectivity index (χ4n) is 3.32. The zero-order chi connectivity index (χ0) is 24.5. The summed E-state index contributed by atoms with van der Waals surface area (Å²) < 4.78 is 21.8. The highest BCUT2D eigenvalue weighted by molar-refractivity contribution is 9.10. The van der Waals surface area contributed by atoms with Gasteiger partial charge in [-0.3, -0.25) is 4.79 Å². The number of nitrogens with zero attached hydrogens (tertiary/aromatic N) is 3. The first-order valence-electron chi connectivity index (χ1n) is 10.6. The van der Waals surface area contributed by atoms with E-state index in [1.165, 1.54) is 16.8 Å². The number of hydrogen-bond acceptors (Lipinski definition) is 4. The van der Waals surface area contributed by atoms with Crippen molar-refractivity contribution in [2.75, 3.05) is 0 Å². The van der Waals surface area contributed by atoms with E-state index in [0.29, 0.717) is 29.1 Å². The Morgan fingerprint density at radius 1 is 1.06 bits per heavy atom. The van der Waals surface area contributed by atoms with Crippen LogP contribution in [-0.4, -0.2) is 15.9 Å². The minimum atomic E-state index is -0.392. The maximum atomic E-state index is 13.3. The van der Waals surface area contributed by atoms with Crippen LogP contribution in [0.25, 0.3) is 10.9 Å². The normalized spacial score (nSPS) is 11.9. The van der Waals surface area contributed by atoms with Gasteiger partial charge in [0.1, 0.15) is 24.0 Å². The van der Waals surface area contributed by atoms with Crippen molar-refractivity contribution in [2.45, 2.75) is 32.8 Å². The van der Waals surface area contributed by atoms with Crippen molar-refractivity contribution >= 4 is 49.0 Å². The maximum Gasteiger partial charge on any atom is 0.282 e. The van der Waals surface area contributed by atoms with Gasteiger partial charge in [-0.25, -0.2) is 9.37 Å². The quantitative estimate of drug-likeness (QED) is 0.241. The van der Waals surface area contributed by atoms with Crippen LogP contribution in [0.2, 0.25) is 0 Å². The Balaban J connectivity index is 1.63. The van der Waals surface area contributed by atoms with Crippen LogP contribution < -0.4 is 10.3 Å². The Kier molecular flexibility index (Phi) is 7.00. The van der Waals surface area contributed by atoms with Gasteiger partial charge in [0.15, 0.2) is 0 Å². The molecule has 3 aromatic carbocycles. The molecule has 1 aromatic heterocycles. The minimum absolute atomic E-state index is 0.231. The first kappa shape index (κ1) is 24.3. The molecule has 5 nitrogen and oxygen atoms in total. The second-order valence-corrected chi connectivity index (χ2v) is 10.6. The van der Waals surface area contributed by atoms with Crippen molar-refractivity contribution in [3.05, 3.63) is 103 Å². The highest BCUT2D eigenvalue weighted by Crippen LogP contribution is 2.27. The molecule has 0 fully saturated rings. The van der Waals surface area contributed by atoms with Gasteiger partial charge in [0.2, 0.25) is 0 Å². The molecule has 0 aliphatic carbocycles. The first-order valence-corrected chi connectivity index (χ1v) is 12.1. The topological polar surface area (TPSA) is 56.5 Å². The summed E-state index contributed by atoms with van der Waals surface area (Å²) in [7, 11) is 0. The van der Waals surface area contributed by atoms with Crippen molar-refractivity contribution < 1.29 is 9.13 Å². The van der Waals surface area contributed by atoms with Crippen molar-refractivity contribution in [2.24, 2.45) is 5.10 Å². The molecule has 8 heteroatoms. The van der Waals surface area contributed by atoms with Crippen molar-refractivity contribution in [1.29, 1.82) is 0 Å². The first-order chi connectivity index (χ1) is 16.1. The van der Waals surface area contributed by atoms with Gasteiger partial charge in [0, 0.05) is 9.89 Å². The fourth-order valence-corrected chi connectivity index (χ4v) is 4.19. The summed E-state index contributed by atoms with van der Waals surface area (Å²) in [5.41, 5.74) is 1.66. The number of ether oxygens (including phenoxy) is 1. The average molecular weight is 587 g/mol. The minimum Gasteiger partial charge on any atom is -0.488 e. The highest BCUT2D eigenvalue weighted by Gasteiger charge is 2.22. The van der Waals surface area contributed by atoms with Crippen LogP contribution in [0.5, 0.6) is 5.75 Å². The molecule has 0 bridgehead atoms. The Labute approximate surface area is 213 Å². The smallest absolute Gasteiger partial charge is 0.282 e. The third-order valence-electron chi connectivity index (χ3n) is 5.06. The number of aromatic nitrogens is 2. The summed E-state index contributed by atoms with van der Waals surface area (Å²) in [5.74, 6) is 0.935. The molecule has 0 spiro atoms. The summed E-state index contributed by atoms with van der Waals surface area (Å²) in [6, 6.07) is 17.2. The lowest BCUT2D eigenvalue weighted by Gasteiger charge is -2.20. The molecular weight excluding hydrogens is 565 g/mol. The zero-order valence-electron chi connectivity index (χ0n) is 18.8. The van der Waals surface area contributed by atoms with Gasteiger partial charge in [0.25, 0.3) is 5.56 Å². The van der Waals surface area contributed by atoms with E-state index in [0.717, 1.165) is 20.1 Å². The molecule has 0 N–H and O–H groups in total. The molecule has 0 saturated heterocycles. The van der Waals surface area contributed by atoms with Crippen LogP contribution in [-0.2, 0) is 12.0 Å². The van der Waals surface area contributed by atoms with Crippen LogP contribution in [0, 0.1) is 5.82 Å². The van der Waals surface area contributed by atoms with E-state index in [1.54, 1.807) is 24.4 Å². The molecular formula is C26H22Br2FN3O2. The van der Waals surface area contributed by atoms with Gasteiger partial charge in [-0.2, -0.15) is 9.78 Å². The summed E-state index contributed by atoms with van der Waals surface area (Å²) in [4.78, 5) is 18.0. The van der Waals surface area contributed by atoms with Gasteiger partial charge in [-0.1, -0.05) is 48.8 Å². The number of benzene rings is 3. The van der Waals surface area contributed by atoms with Crippen LogP contribution >= 0.6 is 31.9 Å². The lowest BCUT2D eigenvalue weighted by atomic mass is 9.95. The van der Waals surface area contributed by atoms with Crippen LogP contribution in [0.15, 0.2) is 79.5 Å². The molecule has 0 saturated carbocycles. The third kappa shape index (κ3) is 5.45. The van der Waals surface area contributed by atoms with Gasteiger partial charge >= 0.3 is 0 Å². The fraction of sp³-hybridized carbons (Fsp3) is 0.192. The third-order valence-corrected chi connectivity index (χ3v) is 6.18. The largest absolute Gasteiger partial charge is 0.488 e. The summed E-state index contributed by atoms with van der Waals surface area (Å²) in [5, 5.41) is 4.99. The van der Waals surface area contributed by atoms with Gasteiger partial charge in [0.05, 0.1) is 21.6 Å². The van der Waals surface area contributed by atoms with E-state index in [4.69, 9.17) is 9.72 Å². The molecule has 0 aliphatic heterocycles. The standard InChI is InChI=1S/C26H22Br2FN3O2/c1-26(2,3)25-31-22-10-7-18(27)13-20(22)24(33)32(25)30-14-17-6-11-23(21(28)12-17)34-15-16-4-8-19(29)9-5-16/h4-14H,15H2,1-3H3. The van der Waals surface area contributed by atoms with Crippen LogP contribution in [0.4, 0.5) is 4.39 Å². The monoisotopic (exact) mass is 585 g/mol. The van der Waals surface area contributed by atoms with Crippen molar-refractivity contribution in [3.63, 3.8) is 0 Å². The molecule has 0 unspecified atom stereocenters. The van der Waals surface area contributed by atoms with Crippen LogP contribution in [0.1, 0.15) is 37.7 Å². The van der Waals surface area contributed by atoms with E-state index >= 15 is 0 Å². The second-order valence-electron chi connectivity index (χ2n) is 8.81. The van der Waals surface area contributed by atoms with E-state index in [9.17, 15) is 9.18 Å². The zero-order valence-corrected chi connectivity index (χ0v) is 22.0. The lowest BCUT2D eigenvalue weighted by Crippen LogP contribution is -2.29. The molecule has 0 aliphatic rings. The van der Waals surface area contributed by atoms with Crippen molar-refractivity contribution in [1.82, 2.24) is 9.66 Å². The Morgan fingerprint density at radius 3 is 2.47 bits per heavy atom. The van der Waals surface area contributed by atoms with E-state index in [2.05, 4.69) is 37.0 Å². The van der Waals surface area contributed by atoms with Crippen LogP contribution in [0.3, 0.4) is 0 Å². The van der Waals surface area contributed by atoms with Gasteiger partial charge in [-0.15, -0.1) is 0 Å². The maximum absolute atomic E-state index is 13.3. The molecule has 4 aromatic rings. The van der Waals surface area contributed by atoms with Gasteiger partial charge in [-0.05, 0) is 75.6 Å². The predicted molar refractivity (Wildman–Crippen MR) is 140 cm³/mol. The molecule has 4 rings (SSSR count). The predicted octanol–water partition coefficient (Wildman–Crippen LogP) is 6.82. The van der Waals surface area contributed by atoms with Crippen molar-refractivity contribution in [3.8, 4) is 5.75 Å². The molecule has 1 heterocycles. The van der Waals surface area contributed by atoms with E-state index in [1.807, 2.05) is 51.1 Å². The molecule has 174 valence electrons. The van der Waals surface area contributed by atoms with E-state index < -0.39 is 5.41 Å². The lowest BCUT2D eigenvalue weighted by molar-refractivity contribution is 0.304. The highest BCUT2D eigenvalue weighted by atomic mass is 79.9. The van der Waals surface area contributed by atoms with E-state index in [-0.39, 0.29) is 11.4 Å². The second kappa shape index (κ2) is 9.80. The summed E-state index contributed by atoms with van der Waals surface area (Å²) in [6.45, 7) is 6.30. The summed E-state index contributed by atoms with van der Waals surface area (Å²) >= 11 is 6.95. The summed E-state index contributed by atoms with van der Waals surface area (Å²) in [6.07, 6.45) is 1.62. The Hall–Kier alpha value is -2.84. The number of halogens is 3. The molecule has 0 atom stereocenters. The number of hydrogen-bond donors (Lipinski definition) is 0. The Bertz CT molecular complexity index is 1440. The molecule has 0 amide bonds. The Morgan fingerprint density at radius 2 is 1.79 bits per heavy atom. The average Bonchev–Trinajstić information content (AvgIpc) is 2.78. The molecule has 34 heavy (non-hydrogen) atoms. The number of rotatable bonds is 5. The van der Waals surface area contributed by atoms with Gasteiger partial charge < -0.3 is 4.74 Å². The SMILES string of the molecule is CC(C)(C)c1nc2ccc(Br)cc2c(=O)n1N=Cc1ccc(OCc2ccc(F)cc2)c(Br)c1. The molecule has 0 radical (unpaired) electrons. The number of fused-ring (bicyclic) bond motifs is 1.